The Bertz CT molecular complexity index is 804. The highest BCUT2D eigenvalue weighted by Gasteiger charge is 2.28. The van der Waals surface area contributed by atoms with Crippen molar-refractivity contribution in [3.8, 4) is 0 Å². The Morgan fingerprint density at radius 1 is 1.15 bits per heavy atom. The molecule has 1 aliphatic carbocycles. The minimum atomic E-state index is -0.956. The standard InChI is InChI=1S/C25H39N3O5/c1-25(2,3)33-24(31)26-11-6-4-5-7-13-32-20-10-12-28(17-20)16-18-14-21(19-8-9-19)27-22(15-18)23(29)30/h14-15,19-20H,4-13,16-17H2,1-3H3,(H,26,31)(H,29,30)/t20-/m0/s1. The lowest BCUT2D eigenvalue weighted by Gasteiger charge is -2.19. The number of carbonyl (C=O) groups excluding carboxylic acids is 1. The molecule has 1 aromatic heterocycles. The second kappa shape index (κ2) is 11.8. The first-order valence-corrected chi connectivity index (χ1v) is 12.2. The fraction of sp³-hybridized carbons (Fsp3) is 0.720. The number of amides is 1. The molecule has 1 saturated heterocycles. The van der Waals surface area contributed by atoms with E-state index in [1.807, 2.05) is 20.8 Å². The summed E-state index contributed by atoms with van der Waals surface area (Å²) in [5.41, 5.74) is 1.65. The van der Waals surface area contributed by atoms with Crippen molar-refractivity contribution in [1.82, 2.24) is 15.2 Å². The van der Waals surface area contributed by atoms with Crippen LogP contribution in [0.25, 0.3) is 0 Å². The number of likely N-dealkylation sites (tertiary alicyclic amines) is 1. The van der Waals surface area contributed by atoms with Crippen molar-refractivity contribution < 1.29 is 24.2 Å². The van der Waals surface area contributed by atoms with Crippen LogP contribution in [0.1, 0.15) is 93.4 Å². The predicted octanol–water partition coefficient (Wildman–Crippen LogP) is 4.33. The Hall–Kier alpha value is -2.19. The molecule has 1 saturated carbocycles. The topological polar surface area (TPSA) is 101 Å². The van der Waals surface area contributed by atoms with Gasteiger partial charge < -0.3 is 19.9 Å². The van der Waals surface area contributed by atoms with Gasteiger partial charge in [-0.05, 0) is 70.6 Å². The molecule has 0 aromatic carbocycles. The van der Waals surface area contributed by atoms with Crippen molar-refractivity contribution in [2.75, 3.05) is 26.2 Å². The lowest BCUT2D eigenvalue weighted by Crippen LogP contribution is -2.32. The second-order valence-corrected chi connectivity index (χ2v) is 10.2. The largest absolute Gasteiger partial charge is 0.477 e. The Balaban J connectivity index is 1.27. The third-order valence-corrected chi connectivity index (χ3v) is 5.85. The number of nitrogens with one attached hydrogen (secondary N) is 1. The highest BCUT2D eigenvalue weighted by Crippen LogP contribution is 2.39. The van der Waals surface area contributed by atoms with Gasteiger partial charge in [0.05, 0.1) is 6.10 Å². The summed E-state index contributed by atoms with van der Waals surface area (Å²) in [4.78, 5) is 29.7. The molecule has 8 nitrogen and oxygen atoms in total. The first kappa shape index (κ1) is 25.4. The van der Waals surface area contributed by atoms with Crippen LogP contribution in [0.2, 0.25) is 0 Å². The molecule has 2 aliphatic rings. The van der Waals surface area contributed by atoms with Gasteiger partial charge in [0.25, 0.3) is 0 Å². The average Bonchev–Trinajstić information content (AvgIpc) is 3.49. The Morgan fingerprint density at radius 2 is 1.91 bits per heavy atom. The summed E-state index contributed by atoms with van der Waals surface area (Å²) in [6.07, 6.45) is 7.17. The summed E-state index contributed by atoms with van der Waals surface area (Å²) in [6, 6.07) is 3.79. The summed E-state index contributed by atoms with van der Waals surface area (Å²) in [6.45, 7) is 9.54. The summed E-state index contributed by atoms with van der Waals surface area (Å²) < 4.78 is 11.3. The number of unbranched alkanes of at least 4 members (excludes halogenated alkanes) is 3. The van der Waals surface area contributed by atoms with E-state index in [-0.39, 0.29) is 17.9 Å². The maximum absolute atomic E-state index is 11.6. The van der Waals surface area contributed by atoms with Crippen LogP contribution < -0.4 is 5.32 Å². The van der Waals surface area contributed by atoms with Crippen molar-refractivity contribution in [3.63, 3.8) is 0 Å². The van der Waals surface area contributed by atoms with Crippen molar-refractivity contribution in [1.29, 1.82) is 0 Å². The first-order valence-electron chi connectivity index (χ1n) is 12.2. The maximum Gasteiger partial charge on any atom is 0.407 e. The van der Waals surface area contributed by atoms with Gasteiger partial charge in [-0.2, -0.15) is 0 Å². The Labute approximate surface area is 197 Å². The molecular formula is C25H39N3O5. The van der Waals surface area contributed by atoms with E-state index in [2.05, 4.69) is 21.3 Å². The van der Waals surface area contributed by atoms with E-state index in [0.717, 1.165) is 82.4 Å². The predicted molar refractivity (Wildman–Crippen MR) is 126 cm³/mol. The third kappa shape index (κ3) is 9.29. The van der Waals surface area contributed by atoms with Crippen LogP contribution in [0.15, 0.2) is 12.1 Å². The van der Waals surface area contributed by atoms with E-state index >= 15 is 0 Å². The average molecular weight is 462 g/mol. The van der Waals surface area contributed by atoms with Crippen LogP contribution in [0, 0.1) is 0 Å². The first-order chi connectivity index (χ1) is 15.7. The summed E-state index contributed by atoms with van der Waals surface area (Å²) in [5.74, 6) is -0.521. The molecule has 1 amide bonds. The summed E-state index contributed by atoms with van der Waals surface area (Å²) in [7, 11) is 0. The van der Waals surface area contributed by atoms with Gasteiger partial charge in [0, 0.05) is 44.4 Å². The number of hydrogen-bond acceptors (Lipinski definition) is 6. The molecule has 1 atom stereocenters. The number of hydrogen-bond donors (Lipinski definition) is 2. The molecule has 1 aliphatic heterocycles. The van der Waals surface area contributed by atoms with Crippen LogP contribution >= 0.6 is 0 Å². The molecule has 0 bridgehead atoms. The quantitative estimate of drug-likeness (QED) is 0.447. The molecular weight excluding hydrogens is 422 g/mol. The van der Waals surface area contributed by atoms with Gasteiger partial charge in [-0.15, -0.1) is 0 Å². The Morgan fingerprint density at radius 3 is 2.61 bits per heavy atom. The van der Waals surface area contributed by atoms with Gasteiger partial charge in [0.15, 0.2) is 0 Å². The number of aromatic carboxylic acids is 1. The number of aromatic nitrogens is 1. The van der Waals surface area contributed by atoms with Crippen molar-refractivity contribution in [3.05, 3.63) is 29.1 Å². The minimum absolute atomic E-state index is 0.155. The van der Waals surface area contributed by atoms with E-state index < -0.39 is 11.6 Å². The van der Waals surface area contributed by atoms with E-state index in [9.17, 15) is 14.7 Å². The SMILES string of the molecule is CC(C)(C)OC(=O)NCCCCCCO[C@H]1CCN(Cc2cc(C(=O)O)nc(C3CC3)c2)C1. The fourth-order valence-corrected chi connectivity index (χ4v) is 4.07. The number of nitrogens with zero attached hydrogens (tertiary/aromatic N) is 2. The van der Waals surface area contributed by atoms with Crippen molar-refractivity contribution in [2.24, 2.45) is 0 Å². The molecule has 0 unspecified atom stereocenters. The van der Waals surface area contributed by atoms with E-state index in [1.54, 1.807) is 6.07 Å². The number of alkyl carbamates (subject to hydrolysis) is 1. The van der Waals surface area contributed by atoms with Gasteiger partial charge in [-0.1, -0.05) is 12.8 Å². The molecule has 33 heavy (non-hydrogen) atoms. The number of ether oxygens (including phenoxy) is 2. The molecule has 8 heteroatoms. The number of pyridine rings is 1. The van der Waals surface area contributed by atoms with Crippen LogP contribution in [0.3, 0.4) is 0 Å². The van der Waals surface area contributed by atoms with Crippen LogP contribution in [0.4, 0.5) is 4.79 Å². The fourth-order valence-electron chi connectivity index (χ4n) is 4.07. The number of rotatable bonds is 12. The monoisotopic (exact) mass is 461 g/mol. The maximum atomic E-state index is 11.6. The minimum Gasteiger partial charge on any atom is -0.477 e. The van der Waals surface area contributed by atoms with E-state index in [4.69, 9.17) is 9.47 Å². The molecule has 2 heterocycles. The molecule has 0 radical (unpaired) electrons. The highest BCUT2D eigenvalue weighted by molar-refractivity contribution is 5.85. The van der Waals surface area contributed by atoms with Gasteiger partial charge in [-0.25, -0.2) is 14.6 Å². The molecule has 184 valence electrons. The van der Waals surface area contributed by atoms with Gasteiger partial charge in [0.1, 0.15) is 11.3 Å². The number of carboxylic acids is 1. The number of carbonyl (C=O) groups is 2. The van der Waals surface area contributed by atoms with E-state index in [1.165, 1.54) is 0 Å². The van der Waals surface area contributed by atoms with Crippen molar-refractivity contribution >= 4 is 12.1 Å². The van der Waals surface area contributed by atoms with Crippen LogP contribution in [-0.4, -0.2) is 65.0 Å². The lowest BCUT2D eigenvalue weighted by atomic mass is 10.1. The third-order valence-electron chi connectivity index (χ3n) is 5.85. The molecule has 2 N–H and O–H groups in total. The normalized spacial score (nSPS) is 18.9. The zero-order chi connectivity index (χ0) is 23.8. The highest BCUT2D eigenvalue weighted by atomic mass is 16.6. The number of carboxylic acid groups (broad SMARTS) is 1. The van der Waals surface area contributed by atoms with Gasteiger partial charge in [-0.3, -0.25) is 4.90 Å². The van der Waals surface area contributed by atoms with Crippen molar-refractivity contribution in [2.45, 2.75) is 89.9 Å². The summed E-state index contributed by atoms with van der Waals surface area (Å²) in [5, 5.41) is 12.2. The smallest absolute Gasteiger partial charge is 0.407 e. The van der Waals surface area contributed by atoms with E-state index in [0.29, 0.717) is 12.5 Å². The zero-order valence-electron chi connectivity index (χ0n) is 20.3. The Kier molecular flexibility index (Phi) is 9.09. The second-order valence-electron chi connectivity index (χ2n) is 10.2. The van der Waals surface area contributed by atoms with Gasteiger partial charge in [0.2, 0.25) is 0 Å². The molecule has 2 fully saturated rings. The lowest BCUT2D eigenvalue weighted by molar-refractivity contribution is 0.0520. The zero-order valence-corrected chi connectivity index (χ0v) is 20.3. The molecule has 1 aromatic rings. The molecule has 3 rings (SSSR count). The van der Waals surface area contributed by atoms with Crippen LogP contribution in [0.5, 0.6) is 0 Å². The van der Waals surface area contributed by atoms with Gasteiger partial charge >= 0.3 is 12.1 Å². The summed E-state index contributed by atoms with van der Waals surface area (Å²) >= 11 is 0. The molecule has 0 spiro atoms. The van der Waals surface area contributed by atoms with Crippen LogP contribution in [-0.2, 0) is 16.0 Å².